The van der Waals surface area contributed by atoms with Crippen molar-refractivity contribution in [3.63, 3.8) is 0 Å². The molecule has 0 aliphatic carbocycles. The standard InChI is InChI=1S/C11H10ClF5O2/c1-18-7-3-5(6(13)4-8(7)19-2)9(12)11(16,17)10(14)15/h3-4,9-10H,1-2H3. The van der Waals surface area contributed by atoms with Crippen LogP contribution in [0, 0.1) is 5.82 Å². The van der Waals surface area contributed by atoms with Gasteiger partial charge in [0.15, 0.2) is 11.5 Å². The van der Waals surface area contributed by atoms with Crippen molar-refractivity contribution in [2.45, 2.75) is 17.7 Å². The van der Waals surface area contributed by atoms with E-state index in [4.69, 9.17) is 21.1 Å². The summed E-state index contributed by atoms with van der Waals surface area (Å²) in [4.78, 5) is 0. The third-order valence-electron chi connectivity index (χ3n) is 2.40. The summed E-state index contributed by atoms with van der Waals surface area (Å²) in [6, 6.07) is 1.55. The van der Waals surface area contributed by atoms with E-state index in [1.807, 2.05) is 0 Å². The van der Waals surface area contributed by atoms with Gasteiger partial charge in [-0.05, 0) is 6.07 Å². The number of benzene rings is 1. The maximum atomic E-state index is 13.6. The van der Waals surface area contributed by atoms with Crippen molar-refractivity contribution >= 4 is 11.6 Å². The molecule has 1 aromatic carbocycles. The normalized spacial score (nSPS) is 13.5. The van der Waals surface area contributed by atoms with Gasteiger partial charge in [-0.3, -0.25) is 0 Å². The fourth-order valence-corrected chi connectivity index (χ4v) is 1.64. The van der Waals surface area contributed by atoms with Gasteiger partial charge in [-0.25, -0.2) is 13.2 Å². The highest BCUT2D eigenvalue weighted by Gasteiger charge is 2.49. The molecule has 0 amide bonds. The summed E-state index contributed by atoms with van der Waals surface area (Å²) < 4.78 is 73.7. The molecule has 0 aliphatic rings. The molecule has 0 saturated heterocycles. The predicted molar refractivity (Wildman–Crippen MR) is 59.0 cm³/mol. The van der Waals surface area contributed by atoms with Crippen molar-refractivity contribution < 1.29 is 31.4 Å². The largest absolute Gasteiger partial charge is 0.493 e. The lowest BCUT2D eigenvalue weighted by molar-refractivity contribution is -0.131. The highest BCUT2D eigenvalue weighted by molar-refractivity contribution is 6.21. The van der Waals surface area contributed by atoms with Crippen molar-refractivity contribution in [2.75, 3.05) is 14.2 Å². The van der Waals surface area contributed by atoms with E-state index in [9.17, 15) is 22.0 Å². The molecule has 0 heterocycles. The molecule has 1 unspecified atom stereocenters. The second kappa shape index (κ2) is 5.81. The average molecular weight is 305 g/mol. The molecule has 0 radical (unpaired) electrons. The Morgan fingerprint density at radius 2 is 1.58 bits per heavy atom. The molecule has 1 rings (SSSR count). The number of alkyl halides is 5. The second-order valence-electron chi connectivity index (χ2n) is 3.57. The van der Waals surface area contributed by atoms with Crippen molar-refractivity contribution in [3.8, 4) is 11.5 Å². The second-order valence-corrected chi connectivity index (χ2v) is 4.00. The number of halogens is 6. The van der Waals surface area contributed by atoms with Gasteiger partial charge < -0.3 is 9.47 Å². The highest BCUT2D eigenvalue weighted by Crippen LogP contribution is 2.44. The summed E-state index contributed by atoms with van der Waals surface area (Å²) in [5.41, 5.74) is -0.787. The minimum Gasteiger partial charge on any atom is -0.493 e. The first-order chi connectivity index (χ1) is 8.75. The maximum Gasteiger partial charge on any atom is 0.327 e. The van der Waals surface area contributed by atoms with Crippen LogP contribution in [0.5, 0.6) is 11.5 Å². The smallest absolute Gasteiger partial charge is 0.327 e. The van der Waals surface area contributed by atoms with E-state index in [0.717, 1.165) is 12.1 Å². The molecular weight excluding hydrogens is 295 g/mol. The molecule has 2 nitrogen and oxygen atoms in total. The predicted octanol–water partition coefficient (Wildman–Crippen LogP) is 4.02. The Bertz CT molecular complexity index is 453. The third-order valence-corrected chi connectivity index (χ3v) is 2.93. The summed E-state index contributed by atoms with van der Waals surface area (Å²) in [5, 5.41) is -2.52. The molecular formula is C11H10ClF5O2. The molecule has 1 atom stereocenters. The van der Waals surface area contributed by atoms with Crippen molar-refractivity contribution in [3.05, 3.63) is 23.5 Å². The molecule has 0 aromatic heterocycles. The van der Waals surface area contributed by atoms with Gasteiger partial charge in [0, 0.05) is 11.6 Å². The molecule has 19 heavy (non-hydrogen) atoms. The average Bonchev–Trinajstić information content (AvgIpc) is 2.37. The highest BCUT2D eigenvalue weighted by atomic mass is 35.5. The van der Waals surface area contributed by atoms with E-state index in [1.54, 1.807) is 0 Å². The zero-order valence-electron chi connectivity index (χ0n) is 9.89. The van der Waals surface area contributed by atoms with E-state index >= 15 is 0 Å². The molecule has 0 aliphatic heterocycles. The van der Waals surface area contributed by atoms with Gasteiger partial charge in [0.25, 0.3) is 0 Å². The van der Waals surface area contributed by atoms with Crippen LogP contribution in [0.3, 0.4) is 0 Å². The Hall–Kier alpha value is -1.24. The van der Waals surface area contributed by atoms with Crippen molar-refractivity contribution in [1.82, 2.24) is 0 Å². The molecule has 108 valence electrons. The molecule has 0 saturated carbocycles. The number of methoxy groups -OCH3 is 2. The minimum atomic E-state index is -4.57. The van der Waals surface area contributed by atoms with Gasteiger partial charge in [-0.15, -0.1) is 11.6 Å². The van der Waals surface area contributed by atoms with Gasteiger partial charge >= 0.3 is 12.3 Å². The van der Waals surface area contributed by atoms with Crippen LogP contribution in [0.25, 0.3) is 0 Å². The van der Waals surface area contributed by atoms with Gasteiger partial charge in [-0.1, -0.05) is 0 Å². The van der Waals surface area contributed by atoms with Crippen LogP contribution in [-0.2, 0) is 0 Å². The Morgan fingerprint density at radius 3 is 2.00 bits per heavy atom. The van der Waals surface area contributed by atoms with E-state index in [1.165, 1.54) is 14.2 Å². The van der Waals surface area contributed by atoms with E-state index in [0.29, 0.717) is 0 Å². The van der Waals surface area contributed by atoms with Crippen LogP contribution in [0.15, 0.2) is 12.1 Å². The minimum absolute atomic E-state index is 0.0621. The quantitative estimate of drug-likeness (QED) is 0.604. The number of hydrogen-bond acceptors (Lipinski definition) is 2. The first-order valence-corrected chi connectivity index (χ1v) is 5.40. The van der Waals surface area contributed by atoms with E-state index in [-0.39, 0.29) is 11.5 Å². The zero-order chi connectivity index (χ0) is 14.8. The summed E-state index contributed by atoms with van der Waals surface area (Å²) in [6.45, 7) is 0. The summed E-state index contributed by atoms with van der Waals surface area (Å²) in [6.07, 6.45) is -4.01. The topological polar surface area (TPSA) is 18.5 Å². The van der Waals surface area contributed by atoms with E-state index in [2.05, 4.69) is 0 Å². The fourth-order valence-electron chi connectivity index (χ4n) is 1.38. The summed E-state index contributed by atoms with van der Waals surface area (Å²) in [5.74, 6) is -5.90. The fraction of sp³-hybridized carbons (Fsp3) is 0.455. The number of hydrogen-bond donors (Lipinski definition) is 0. The lowest BCUT2D eigenvalue weighted by Crippen LogP contribution is -2.32. The van der Waals surface area contributed by atoms with Crippen LogP contribution in [0.1, 0.15) is 10.9 Å². The Labute approximate surface area is 111 Å². The van der Waals surface area contributed by atoms with Crippen LogP contribution in [-0.4, -0.2) is 26.6 Å². The zero-order valence-corrected chi connectivity index (χ0v) is 10.6. The monoisotopic (exact) mass is 304 g/mol. The third kappa shape index (κ3) is 3.02. The molecule has 0 fully saturated rings. The van der Waals surface area contributed by atoms with Crippen molar-refractivity contribution in [2.24, 2.45) is 0 Å². The molecule has 1 aromatic rings. The van der Waals surface area contributed by atoms with Crippen LogP contribution in [0.4, 0.5) is 22.0 Å². The number of rotatable bonds is 5. The number of ether oxygens (including phenoxy) is 2. The van der Waals surface area contributed by atoms with Gasteiger partial charge in [0.05, 0.1) is 14.2 Å². The lowest BCUT2D eigenvalue weighted by atomic mass is 10.1. The SMILES string of the molecule is COc1cc(F)c(C(Cl)C(F)(F)C(F)F)cc1OC. The first kappa shape index (κ1) is 15.8. The van der Waals surface area contributed by atoms with Gasteiger partial charge in [0.2, 0.25) is 0 Å². The van der Waals surface area contributed by atoms with Gasteiger partial charge in [0.1, 0.15) is 11.2 Å². The summed E-state index contributed by atoms with van der Waals surface area (Å²) in [7, 11) is 2.40. The molecule has 0 N–H and O–H groups in total. The van der Waals surface area contributed by atoms with Crippen LogP contribution >= 0.6 is 11.6 Å². The Kier molecular flexibility index (Phi) is 4.84. The maximum absolute atomic E-state index is 13.6. The lowest BCUT2D eigenvalue weighted by Gasteiger charge is -2.22. The molecule has 8 heteroatoms. The van der Waals surface area contributed by atoms with Crippen LogP contribution in [0.2, 0.25) is 0 Å². The van der Waals surface area contributed by atoms with Gasteiger partial charge in [-0.2, -0.15) is 8.78 Å². The first-order valence-electron chi connectivity index (χ1n) is 4.97. The van der Waals surface area contributed by atoms with Crippen molar-refractivity contribution in [1.29, 1.82) is 0 Å². The van der Waals surface area contributed by atoms with E-state index < -0.39 is 29.1 Å². The Morgan fingerprint density at radius 1 is 1.11 bits per heavy atom. The molecule has 0 bridgehead atoms. The Balaban J connectivity index is 3.28. The molecule has 0 spiro atoms. The summed E-state index contributed by atoms with van der Waals surface area (Å²) >= 11 is 5.26. The van der Waals surface area contributed by atoms with Crippen LogP contribution < -0.4 is 9.47 Å².